The Morgan fingerprint density at radius 3 is 2.37 bits per heavy atom. The highest BCUT2D eigenvalue weighted by Gasteiger charge is 2.24. The smallest absolute Gasteiger partial charge is 0.272 e. The minimum atomic E-state index is -3.00. The minimum Gasteiger partial charge on any atom is -0.471 e. The van der Waals surface area contributed by atoms with E-state index in [1.807, 2.05) is 5.32 Å². The Morgan fingerprint density at radius 1 is 1.05 bits per heavy atom. The van der Waals surface area contributed by atoms with Gasteiger partial charge in [-0.05, 0) is 24.6 Å². The number of alkyl halides is 6. The molecule has 2 aromatic heterocycles. The summed E-state index contributed by atoms with van der Waals surface area (Å²) in [5, 5.41) is 7.28. The van der Waals surface area contributed by atoms with Crippen molar-refractivity contribution in [3.63, 3.8) is 0 Å². The number of fused-ring (bicyclic) bond motifs is 1. The number of nitrogens with zero attached hydrogens (tertiary/aromatic N) is 3. The lowest BCUT2D eigenvalue weighted by Gasteiger charge is -2.15. The monoisotopic (exact) mass is 626 g/mol. The summed E-state index contributed by atoms with van der Waals surface area (Å²) in [5.41, 5.74) is -0.357. The van der Waals surface area contributed by atoms with E-state index in [1.165, 1.54) is 19.1 Å². The van der Waals surface area contributed by atoms with E-state index in [-0.39, 0.29) is 45.0 Å². The third kappa shape index (κ3) is 8.16. The van der Waals surface area contributed by atoms with E-state index < -0.39 is 62.2 Å². The zero-order chi connectivity index (χ0) is 30.4. The summed E-state index contributed by atoms with van der Waals surface area (Å²) in [5.74, 6) is -2.58. The zero-order valence-corrected chi connectivity index (χ0v) is 22.6. The van der Waals surface area contributed by atoms with Crippen molar-refractivity contribution in [3.05, 3.63) is 51.5 Å². The highest BCUT2D eigenvalue weighted by molar-refractivity contribution is 6.39. The molecule has 3 rings (SSSR count). The molecule has 0 saturated heterocycles. The number of benzene rings is 1. The van der Waals surface area contributed by atoms with Crippen LogP contribution in [0.25, 0.3) is 11.2 Å². The van der Waals surface area contributed by atoms with Gasteiger partial charge in [-0.3, -0.25) is 14.2 Å². The van der Waals surface area contributed by atoms with Crippen molar-refractivity contribution in [1.29, 1.82) is 0 Å². The van der Waals surface area contributed by atoms with Crippen LogP contribution in [0.4, 0.5) is 38.0 Å². The number of amides is 2. The first kappa shape index (κ1) is 31.8. The first-order valence-corrected chi connectivity index (χ1v) is 12.4. The highest BCUT2D eigenvalue weighted by atomic mass is 35.5. The lowest BCUT2D eigenvalue weighted by atomic mass is 10.2. The molecule has 17 heteroatoms. The van der Waals surface area contributed by atoms with Crippen molar-refractivity contribution >= 4 is 57.8 Å². The Hall–Kier alpha value is -3.72. The molecule has 0 aliphatic heterocycles. The number of hydrogen-bond acceptors (Lipinski definition) is 6. The Kier molecular flexibility index (Phi) is 10.7. The van der Waals surface area contributed by atoms with Crippen LogP contribution in [-0.4, -0.2) is 58.8 Å². The molecule has 0 bridgehead atoms. The summed E-state index contributed by atoms with van der Waals surface area (Å²) in [6.45, 7) is 1.72. The molecular formula is C24H22Cl2F6N6O3. The first-order valence-electron chi connectivity index (χ1n) is 11.6. The van der Waals surface area contributed by atoms with Gasteiger partial charge in [-0.25, -0.2) is 31.3 Å². The van der Waals surface area contributed by atoms with E-state index >= 15 is 0 Å². The van der Waals surface area contributed by atoms with Gasteiger partial charge in [-0.2, -0.15) is 4.98 Å². The lowest BCUT2D eigenvalue weighted by Crippen LogP contribution is -2.29. The van der Waals surface area contributed by atoms with Gasteiger partial charge in [-0.1, -0.05) is 35.8 Å². The number of hydrogen-bond donors (Lipinski definition) is 3. The Morgan fingerprint density at radius 2 is 1.76 bits per heavy atom. The molecule has 0 fully saturated rings. The third-order valence-electron chi connectivity index (χ3n) is 5.25. The second-order valence-corrected chi connectivity index (χ2v) is 9.19. The van der Waals surface area contributed by atoms with Crippen LogP contribution in [0.1, 0.15) is 22.8 Å². The molecular weight excluding hydrogens is 605 g/mol. The Bertz CT molecular complexity index is 1450. The van der Waals surface area contributed by atoms with Gasteiger partial charge >= 0.3 is 0 Å². The molecule has 9 nitrogen and oxygen atoms in total. The maximum atomic E-state index is 13.6. The van der Waals surface area contributed by atoms with E-state index in [4.69, 9.17) is 27.9 Å². The fraction of sp³-hybridized carbons (Fsp3) is 0.333. The van der Waals surface area contributed by atoms with Crippen LogP contribution < -0.4 is 20.7 Å². The van der Waals surface area contributed by atoms with Gasteiger partial charge in [0.25, 0.3) is 25.2 Å². The standard InChI is InChI=1S/C24H22Cl2F6N6O3/c1-10(2)21(39)33-6-11-3-4-13(25)19(18(11)26)36-24-35-14-5-12(22(40)34-7-15(27)28)23(41-9-17(31)32)37-20(14)38(24)8-16(29)30/h3-5,15-17H,1,6-9H2,2H3,(H,33,39)(H,34,40)(H,35,36). The molecule has 2 heterocycles. The molecule has 0 atom stereocenters. The number of aromatic nitrogens is 3. The predicted octanol–water partition coefficient (Wildman–Crippen LogP) is 5.58. The van der Waals surface area contributed by atoms with Crippen LogP contribution in [0.3, 0.4) is 0 Å². The number of carbonyl (C=O) groups is 2. The molecule has 0 unspecified atom stereocenters. The van der Waals surface area contributed by atoms with Crippen LogP contribution >= 0.6 is 23.2 Å². The van der Waals surface area contributed by atoms with E-state index in [0.717, 1.165) is 10.6 Å². The average Bonchev–Trinajstić information content (AvgIpc) is 3.22. The summed E-state index contributed by atoms with van der Waals surface area (Å²) in [7, 11) is 0. The Balaban J connectivity index is 2.10. The summed E-state index contributed by atoms with van der Waals surface area (Å²) in [4.78, 5) is 32.5. The van der Waals surface area contributed by atoms with Crippen molar-refractivity contribution in [2.45, 2.75) is 39.3 Å². The van der Waals surface area contributed by atoms with Gasteiger partial charge in [0.05, 0.1) is 28.8 Å². The van der Waals surface area contributed by atoms with Crippen LogP contribution in [-0.2, 0) is 17.9 Å². The zero-order valence-electron chi connectivity index (χ0n) is 21.1. The fourth-order valence-electron chi connectivity index (χ4n) is 3.40. The summed E-state index contributed by atoms with van der Waals surface area (Å²) < 4.78 is 83.8. The first-order chi connectivity index (χ1) is 19.3. The van der Waals surface area contributed by atoms with E-state index in [1.54, 1.807) is 0 Å². The molecule has 3 N–H and O–H groups in total. The van der Waals surface area contributed by atoms with Gasteiger partial charge < -0.3 is 20.7 Å². The number of pyridine rings is 1. The van der Waals surface area contributed by atoms with E-state index in [9.17, 15) is 35.9 Å². The number of carbonyl (C=O) groups excluding carboxylic acids is 2. The number of rotatable bonds is 13. The topological polar surface area (TPSA) is 110 Å². The van der Waals surface area contributed by atoms with Crippen LogP contribution in [0.15, 0.2) is 30.4 Å². The molecule has 0 aliphatic carbocycles. The fourth-order valence-corrected chi connectivity index (χ4v) is 3.94. The van der Waals surface area contributed by atoms with Crippen molar-refractivity contribution in [3.8, 4) is 5.88 Å². The second-order valence-electron chi connectivity index (χ2n) is 8.41. The highest BCUT2D eigenvalue weighted by Crippen LogP contribution is 2.36. The van der Waals surface area contributed by atoms with Gasteiger partial charge in [-0.15, -0.1) is 0 Å². The van der Waals surface area contributed by atoms with Gasteiger partial charge in [0, 0.05) is 12.1 Å². The van der Waals surface area contributed by atoms with Crippen LogP contribution in [0, 0.1) is 0 Å². The third-order valence-corrected chi connectivity index (χ3v) is 6.00. The van der Waals surface area contributed by atoms with Crippen LogP contribution in [0.2, 0.25) is 10.0 Å². The maximum absolute atomic E-state index is 13.6. The number of anilines is 2. The number of ether oxygens (including phenoxy) is 1. The molecule has 0 radical (unpaired) electrons. The number of halogens is 8. The Labute approximate surface area is 238 Å². The van der Waals surface area contributed by atoms with Crippen molar-refractivity contribution in [1.82, 2.24) is 25.2 Å². The summed E-state index contributed by atoms with van der Waals surface area (Å²) >= 11 is 12.8. The molecule has 1 aromatic carbocycles. The average molecular weight is 627 g/mol. The number of nitrogens with one attached hydrogen (secondary N) is 3. The largest absolute Gasteiger partial charge is 0.471 e. The molecule has 2 amide bonds. The lowest BCUT2D eigenvalue weighted by molar-refractivity contribution is -0.117. The maximum Gasteiger partial charge on any atom is 0.272 e. The van der Waals surface area contributed by atoms with Gasteiger partial charge in [0.15, 0.2) is 12.3 Å². The van der Waals surface area contributed by atoms with Gasteiger partial charge in [0.1, 0.15) is 11.1 Å². The molecule has 222 valence electrons. The summed E-state index contributed by atoms with van der Waals surface area (Å²) in [6.07, 6.45) is -8.87. The van der Waals surface area contributed by atoms with Crippen molar-refractivity contribution in [2.75, 3.05) is 18.5 Å². The molecule has 0 saturated carbocycles. The van der Waals surface area contributed by atoms with Crippen LogP contribution in [0.5, 0.6) is 5.88 Å². The van der Waals surface area contributed by atoms with Crippen molar-refractivity contribution in [2.24, 2.45) is 0 Å². The molecule has 0 spiro atoms. The quantitative estimate of drug-likeness (QED) is 0.169. The minimum absolute atomic E-state index is 0.0103. The van der Waals surface area contributed by atoms with Crippen molar-refractivity contribution < 1.29 is 40.7 Å². The SMILES string of the molecule is C=C(C)C(=O)NCc1ccc(Cl)c(Nc2nc3cc(C(=O)NCC(F)F)c(OCC(F)F)nc3n2CC(F)F)c1Cl. The molecule has 3 aromatic rings. The summed E-state index contributed by atoms with van der Waals surface area (Å²) in [6, 6.07) is 3.93. The molecule has 0 aliphatic rings. The normalized spacial score (nSPS) is 11.4. The second kappa shape index (κ2) is 13.8. The molecule has 41 heavy (non-hydrogen) atoms. The van der Waals surface area contributed by atoms with E-state index in [2.05, 4.69) is 27.2 Å². The predicted molar refractivity (Wildman–Crippen MR) is 140 cm³/mol. The number of imidazole rings is 1. The van der Waals surface area contributed by atoms with E-state index in [0.29, 0.717) is 5.56 Å². The van der Waals surface area contributed by atoms with Gasteiger partial charge in [0.2, 0.25) is 17.7 Å².